The highest BCUT2D eigenvalue weighted by molar-refractivity contribution is 5.90. The number of carbonyl (C=O) groups excluding carboxylic acids is 2. The van der Waals surface area contributed by atoms with Gasteiger partial charge in [0.1, 0.15) is 5.65 Å². The van der Waals surface area contributed by atoms with Gasteiger partial charge >= 0.3 is 0 Å². The first-order chi connectivity index (χ1) is 14.7. The second-order valence-electron chi connectivity index (χ2n) is 7.80. The van der Waals surface area contributed by atoms with Crippen molar-refractivity contribution in [2.24, 2.45) is 7.05 Å². The van der Waals surface area contributed by atoms with Crippen molar-refractivity contribution in [2.75, 3.05) is 5.32 Å². The number of aromatic amines is 1. The molecule has 1 atom stereocenters. The third-order valence-electron chi connectivity index (χ3n) is 5.55. The normalized spacial score (nSPS) is 12.0. The molecule has 0 bridgehead atoms. The number of aryl methyl sites for hydroxylation is 3. The van der Waals surface area contributed by atoms with Crippen molar-refractivity contribution < 1.29 is 9.59 Å². The minimum atomic E-state index is -0.189. The Labute approximate surface area is 181 Å². The summed E-state index contributed by atoms with van der Waals surface area (Å²) in [4.78, 5) is 39.4. The largest absolute Gasteiger partial charge is 0.350 e. The molecule has 2 heterocycles. The Bertz CT molecular complexity index is 1170. The zero-order valence-electron chi connectivity index (χ0n) is 18.6. The number of nitrogens with zero attached hydrogens (tertiary/aromatic N) is 2. The predicted octanol–water partition coefficient (Wildman–Crippen LogP) is 3.04. The van der Waals surface area contributed by atoms with Gasteiger partial charge in [0.2, 0.25) is 11.8 Å². The van der Waals surface area contributed by atoms with Crippen molar-refractivity contribution in [3.63, 3.8) is 0 Å². The van der Waals surface area contributed by atoms with Crippen LogP contribution in [0.2, 0.25) is 0 Å². The lowest BCUT2D eigenvalue weighted by Crippen LogP contribution is -2.27. The molecule has 3 rings (SSSR count). The number of anilines is 1. The molecule has 164 valence electrons. The van der Waals surface area contributed by atoms with Crippen LogP contribution in [-0.4, -0.2) is 26.6 Å². The lowest BCUT2D eigenvalue weighted by Gasteiger charge is -2.15. The maximum atomic E-state index is 12.5. The number of benzene rings is 1. The molecule has 2 amide bonds. The van der Waals surface area contributed by atoms with E-state index >= 15 is 0 Å². The molecule has 8 heteroatoms. The smallest absolute Gasteiger partial charge is 0.253 e. The maximum Gasteiger partial charge on any atom is 0.253 e. The first-order valence-corrected chi connectivity index (χ1v) is 10.5. The fourth-order valence-corrected chi connectivity index (χ4v) is 3.80. The number of H-pyrrole nitrogens is 1. The van der Waals surface area contributed by atoms with E-state index in [9.17, 15) is 14.4 Å². The van der Waals surface area contributed by atoms with Gasteiger partial charge in [-0.1, -0.05) is 19.1 Å². The summed E-state index contributed by atoms with van der Waals surface area (Å²) in [5.41, 5.74) is 4.51. The minimum Gasteiger partial charge on any atom is -0.350 e. The van der Waals surface area contributed by atoms with E-state index < -0.39 is 0 Å². The van der Waals surface area contributed by atoms with Crippen molar-refractivity contribution in [2.45, 2.75) is 53.0 Å². The van der Waals surface area contributed by atoms with Crippen LogP contribution in [0.3, 0.4) is 0 Å². The lowest BCUT2D eigenvalue weighted by molar-refractivity contribution is -0.121. The molecule has 0 saturated carbocycles. The topological polar surface area (TPSA) is 109 Å². The molecule has 0 aliphatic carbocycles. The van der Waals surface area contributed by atoms with E-state index in [1.165, 1.54) is 0 Å². The second kappa shape index (κ2) is 9.16. The molecular weight excluding hydrogens is 394 g/mol. The number of hydrogen-bond donors (Lipinski definition) is 3. The molecule has 0 saturated heterocycles. The third kappa shape index (κ3) is 4.84. The summed E-state index contributed by atoms with van der Waals surface area (Å²) in [6.45, 7) is 7.51. The molecule has 1 unspecified atom stereocenters. The van der Waals surface area contributed by atoms with Crippen LogP contribution >= 0.6 is 0 Å². The molecule has 8 nitrogen and oxygen atoms in total. The number of hydrogen-bond acceptors (Lipinski definition) is 4. The van der Waals surface area contributed by atoms with Crippen LogP contribution in [-0.2, 0) is 23.1 Å². The first-order valence-electron chi connectivity index (χ1n) is 10.5. The van der Waals surface area contributed by atoms with Gasteiger partial charge in [0.05, 0.1) is 11.7 Å². The van der Waals surface area contributed by atoms with Gasteiger partial charge in [-0.15, -0.1) is 0 Å². The van der Waals surface area contributed by atoms with E-state index in [2.05, 4.69) is 20.7 Å². The summed E-state index contributed by atoms with van der Waals surface area (Å²) in [7, 11) is 1.80. The highest BCUT2D eigenvalue weighted by atomic mass is 16.2. The molecule has 2 aromatic heterocycles. The van der Waals surface area contributed by atoms with E-state index in [4.69, 9.17) is 0 Å². The number of pyridine rings is 1. The molecular formula is C23H29N5O3. The molecule has 0 radical (unpaired) electrons. The summed E-state index contributed by atoms with van der Waals surface area (Å²) in [6, 6.07) is 7.21. The summed E-state index contributed by atoms with van der Waals surface area (Å²) in [5, 5.41) is 11.1. The molecule has 0 aliphatic rings. The highest BCUT2D eigenvalue weighted by Gasteiger charge is 2.17. The Morgan fingerprint density at radius 2 is 1.84 bits per heavy atom. The molecule has 1 aromatic carbocycles. The van der Waals surface area contributed by atoms with E-state index in [-0.39, 0.29) is 29.8 Å². The Balaban J connectivity index is 1.64. The van der Waals surface area contributed by atoms with Gasteiger partial charge in [-0.25, -0.2) is 0 Å². The number of rotatable bonds is 7. The van der Waals surface area contributed by atoms with Gasteiger partial charge in [-0.2, -0.15) is 5.10 Å². The van der Waals surface area contributed by atoms with Gasteiger partial charge in [-0.05, 0) is 50.5 Å². The van der Waals surface area contributed by atoms with E-state index in [0.717, 1.165) is 27.9 Å². The standard InChI is InChI=1S/C23H29N5O3/c1-6-19(29)25-17-9-7-16(8-10-17)14(3)24-20(30)12-11-18-13(2)21-15(4)27-28(5)22(21)26-23(18)31/h7-10,14H,6,11-12H2,1-5H3,(H,24,30)(H,25,29)(H,26,31). The fraction of sp³-hybridized carbons (Fsp3) is 0.391. The second-order valence-corrected chi connectivity index (χ2v) is 7.80. The van der Waals surface area contributed by atoms with Gasteiger partial charge in [0, 0.05) is 36.5 Å². The molecule has 3 N–H and O–H groups in total. The van der Waals surface area contributed by atoms with Crippen LogP contribution < -0.4 is 16.2 Å². The van der Waals surface area contributed by atoms with Crippen molar-refractivity contribution in [1.82, 2.24) is 20.1 Å². The van der Waals surface area contributed by atoms with Crippen LogP contribution in [0.15, 0.2) is 29.1 Å². The Morgan fingerprint density at radius 1 is 1.16 bits per heavy atom. The van der Waals surface area contributed by atoms with Crippen LogP contribution in [0, 0.1) is 13.8 Å². The number of amides is 2. The van der Waals surface area contributed by atoms with Gasteiger partial charge in [0.15, 0.2) is 0 Å². The first kappa shape index (κ1) is 22.3. The van der Waals surface area contributed by atoms with Crippen LogP contribution in [0.25, 0.3) is 11.0 Å². The van der Waals surface area contributed by atoms with Crippen molar-refractivity contribution in [3.8, 4) is 0 Å². The number of fused-ring (bicyclic) bond motifs is 1. The summed E-state index contributed by atoms with van der Waals surface area (Å²) < 4.78 is 1.66. The van der Waals surface area contributed by atoms with Gasteiger partial charge in [-0.3, -0.25) is 19.1 Å². The average Bonchev–Trinajstić information content (AvgIpc) is 3.01. The van der Waals surface area contributed by atoms with Crippen molar-refractivity contribution in [3.05, 3.63) is 57.0 Å². The number of nitrogens with one attached hydrogen (secondary N) is 3. The number of aromatic nitrogens is 3. The fourth-order valence-electron chi connectivity index (χ4n) is 3.80. The Morgan fingerprint density at radius 3 is 2.48 bits per heavy atom. The van der Waals surface area contributed by atoms with Gasteiger partial charge < -0.3 is 15.6 Å². The van der Waals surface area contributed by atoms with Crippen molar-refractivity contribution >= 4 is 28.5 Å². The zero-order chi connectivity index (χ0) is 22.7. The average molecular weight is 424 g/mol. The minimum absolute atomic E-state index is 0.0425. The maximum absolute atomic E-state index is 12.5. The van der Waals surface area contributed by atoms with E-state index in [1.54, 1.807) is 18.7 Å². The van der Waals surface area contributed by atoms with E-state index in [1.807, 2.05) is 45.0 Å². The van der Waals surface area contributed by atoms with Crippen LogP contribution in [0.1, 0.15) is 55.1 Å². The zero-order valence-corrected chi connectivity index (χ0v) is 18.6. The Hall–Kier alpha value is -3.42. The van der Waals surface area contributed by atoms with E-state index in [0.29, 0.717) is 24.1 Å². The summed E-state index contributed by atoms with van der Waals surface area (Å²) in [5.74, 6) is -0.170. The molecule has 0 aliphatic heterocycles. The lowest BCUT2D eigenvalue weighted by atomic mass is 10.0. The molecule has 3 aromatic rings. The number of carbonyl (C=O) groups is 2. The highest BCUT2D eigenvalue weighted by Crippen LogP contribution is 2.21. The molecule has 0 spiro atoms. The summed E-state index contributed by atoms with van der Waals surface area (Å²) >= 11 is 0. The van der Waals surface area contributed by atoms with Crippen LogP contribution in [0.5, 0.6) is 0 Å². The summed E-state index contributed by atoms with van der Waals surface area (Å²) in [6.07, 6.45) is 0.986. The Kier molecular flexibility index (Phi) is 6.58. The SMILES string of the molecule is CCC(=O)Nc1ccc(C(C)NC(=O)CCc2c(C)c3c(C)nn(C)c3[nH]c2=O)cc1. The third-order valence-corrected chi connectivity index (χ3v) is 5.55. The predicted molar refractivity (Wildman–Crippen MR) is 121 cm³/mol. The van der Waals surface area contributed by atoms with Crippen molar-refractivity contribution in [1.29, 1.82) is 0 Å². The monoisotopic (exact) mass is 423 g/mol. The molecule has 0 fully saturated rings. The van der Waals surface area contributed by atoms with Gasteiger partial charge in [0.25, 0.3) is 5.56 Å². The van der Waals surface area contributed by atoms with Crippen LogP contribution in [0.4, 0.5) is 5.69 Å². The molecule has 31 heavy (non-hydrogen) atoms. The quantitative estimate of drug-likeness (QED) is 0.543.